The molecule has 1 N–H and O–H groups in total. The molecular weight excluding hydrogens is 424 g/mol. The van der Waals surface area contributed by atoms with Crippen LogP contribution >= 0.6 is 0 Å². The van der Waals surface area contributed by atoms with E-state index in [1.165, 1.54) is 0 Å². The fourth-order valence-corrected chi connectivity index (χ4v) is 5.76. The highest BCUT2D eigenvalue weighted by Crippen LogP contribution is 2.45. The predicted octanol–water partition coefficient (Wildman–Crippen LogP) is 4.40. The Hall–Kier alpha value is -2.56. The first kappa shape index (κ1) is 23.1. The molecular formula is C20H28N4O6S. The van der Waals surface area contributed by atoms with Gasteiger partial charge in [0, 0.05) is 17.7 Å². The molecule has 3 atom stereocenters. The summed E-state index contributed by atoms with van der Waals surface area (Å²) in [4.78, 5) is 22.1. The van der Waals surface area contributed by atoms with Crippen LogP contribution in [-0.4, -0.2) is 24.0 Å². The van der Waals surface area contributed by atoms with Crippen LogP contribution in [0.25, 0.3) is 0 Å². The number of nitrogens with zero attached hydrogens (tertiary/aromatic N) is 3. The summed E-state index contributed by atoms with van der Waals surface area (Å²) in [6.07, 6.45) is 5.96. The van der Waals surface area contributed by atoms with Gasteiger partial charge in [-0.15, -0.1) is 0 Å². The first-order chi connectivity index (χ1) is 14.4. The zero-order chi connectivity index (χ0) is 23.0. The summed E-state index contributed by atoms with van der Waals surface area (Å²) in [5.74, 6) is 1.04. The summed E-state index contributed by atoms with van der Waals surface area (Å²) in [6.45, 7) is 6.50. The second kappa shape index (κ2) is 8.52. The number of nitrogens with one attached hydrogen (secondary N) is 1. The van der Waals surface area contributed by atoms with Crippen LogP contribution in [0.1, 0.15) is 59.3 Å². The van der Waals surface area contributed by atoms with Crippen molar-refractivity contribution < 1.29 is 18.3 Å². The van der Waals surface area contributed by atoms with Crippen LogP contribution in [0.4, 0.5) is 11.4 Å². The van der Waals surface area contributed by atoms with Crippen LogP contribution in [0.5, 0.6) is 0 Å². The molecule has 0 heterocycles. The third-order valence-corrected chi connectivity index (χ3v) is 7.86. The first-order valence-electron chi connectivity index (χ1n) is 10.4. The molecule has 0 spiro atoms. The van der Waals surface area contributed by atoms with E-state index in [1.54, 1.807) is 0 Å². The molecule has 0 bridgehead atoms. The van der Waals surface area contributed by atoms with Crippen LogP contribution in [0.3, 0.4) is 0 Å². The van der Waals surface area contributed by atoms with Crippen LogP contribution < -0.4 is 4.83 Å². The maximum Gasteiger partial charge on any atom is 0.296 e. The average Bonchev–Trinajstić information content (AvgIpc) is 3.06. The van der Waals surface area contributed by atoms with Gasteiger partial charge in [0.05, 0.1) is 15.9 Å². The second-order valence-corrected chi connectivity index (χ2v) is 11.1. The molecule has 1 aromatic carbocycles. The van der Waals surface area contributed by atoms with Gasteiger partial charge >= 0.3 is 0 Å². The van der Waals surface area contributed by atoms with E-state index in [9.17, 15) is 28.6 Å². The van der Waals surface area contributed by atoms with E-state index in [0.29, 0.717) is 24.3 Å². The van der Waals surface area contributed by atoms with Crippen molar-refractivity contribution in [1.29, 1.82) is 0 Å². The number of benzene rings is 1. The minimum atomic E-state index is -4.37. The van der Waals surface area contributed by atoms with Crippen LogP contribution in [0.15, 0.2) is 28.2 Å². The van der Waals surface area contributed by atoms with Gasteiger partial charge in [-0.3, -0.25) is 20.2 Å². The number of hydrogen-bond acceptors (Lipinski definition) is 7. The number of nitro benzene ring substituents is 2. The molecule has 0 radical (unpaired) electrons. The van der Waals surface area contributed by atoms with E-state index in [4.69, 9.17) is 0 Å². The molecule has 0 aromatic heterocycles. The molecule has 2 fully saturated rings. The molecule has 0 amide bonds. The molecule has 1 aromatic rings. The molecule has 11 heteroatoms. The number of rotatable bonds is 5. The van der Waals surface area contributed by atoms with Gasteiger partial charge in [0.15, 0.2) is 4.90 Å². The van der Waals surface area contributed by atoms with Crippen molar-refractivity contribution in [3.8, 4) is 0 Å². The third-order valence-electron chi connectivity index (χ3n) is 6.60. The fraction of sp³-hybridized carbons (Fsp3) is 0.650. The van der Waals surface area contributed by atoms with Gasteiger partial charge in [0.1, 0.15) is 0 Å². The van der Waals surface area contributed by atoms with Crippen molar-refractivity contribution in [3.05, 3.63) is 38.4 Å². The summed E-state index contributed by atoms with van der Waals surface area (Å²) in [6, 6.07) is 2.46. The zero-order valence-electron chi connectivity index (χ0n) is 17.9. The van der Waals surface area contributed by atoms with E-state index in [-0.39, 0.29) is 11.3 Å². The van der Waals surface area contributed by atoms with Crippen LogP contribution in [0.2, 0.25) is 0 Å². The number of nitro groups is 2. The third kappa shape index (κ3) is 5.03. The minimum Gasteiger partial charge on any atom is -0.258 e. The van der Waals surface area contributed by atoms with Gasteiger partial charge in [-0.1, -0.05) is 27.2 Å². The number of hydrogen-bond donors (Lipinski definition) is 1. The predicted molar refractivity (Wildman–Crippen MR) is 115 cm³/mol. The van der Waals surface area contributed by atoms with Crippen molar-refractivity contribution in [2.75, 3.05) is 0 Å². The number of sulfonamides is 1. The van der Waals surface area contributed by atoms with Crippen molar-refractivity contribution in [1.82, 2.24) is 4.83 Å². The normalized spacial score (nSPS) is 25.6. The number of non-ortho nitro benzene ring substituents is 1. The number of fused-ring (bicyclic) bond motifs is 1. The molecule has 0 unspecified atom stereocenters. The van der Waals surface area contributed by atoms with Crippen molar-refractivity contribution in [3.63, 3.8) is 0 Å². The van der Waals surface area contributed by atoms with E-state index < -0.39 is 36.1 Å². The molecule has 31 heavy (non-hydrogen) atoms. The summed E-state index contributed by atoms with van der Waals surface area (Å²) in [7, 11) is -4.37. The molecule has 3 rings (SSSR count). The summed E-state index contributed by atoms with van der Waals surface area (Å²) in [5.41, 5.74) is -0.556. The summed E-state index contributed by atoms with van der Waals surface area (Å²) >= 11 is 0. The molecule has 2 aliphatic rings. The summed E-state index contributed by atoms with van der Waals surface area (Å²) < 4.78 is 25.7. The van der Waals surface area contributed by atoms with Gasteiger partial charge in [-0.2, -0.15) is 18.4 Å². The Morgan fingerprint density at radius 1 is 1.06 bits per heavy atom. The smallest absolute Gasteiger partial charge is 0.258 e. The fourth-order valence-electron chi connectivity index (χ4n) is 4.77. The topological polar surface area (TPSA) is 145 Å². The van der Waals surface area contributed by atoms with Crippen molar-refractivity contribution in [2.45, 2.75) is 64.2 Å². The molecule has 10 nitrogen and oxygen atoms in total. The Morgan fingerprint density at radius 3 is 2.39 bits per heavy atom. The lowest BCUT2D eigenvalue weighted by atomic mass is 9.76. The highest BCUT2D eigenvalue weighted by molar-refractivity contribution is 7.89. The van der Waals surface area contributed by atoms with Crippen LogP contribution in [-0.2, 0) is 10.0 Å². The lowest BCUT2D eigenvalue weighted by Crippen LogP contribution is -2.28. The quantitative estimate of drug-likeness (QED) is 0.518. The molecule has 0 aliphatic heterocycles. The molecule has 2 aliphatic carbocycles. The average molecular weight is 453 g/mol. The van der Waals surface area contributed by atoms with Gasteiger partial charge in [-0.05, 0) is 55.4 Å². The van der Waals surface area contributed by atoms with Gasteiger partial charge < -0.3 is 0 Å². The SMILES string of the molecule is CC(C)(C)[C@H]1CC[C@@H]2CCC[C@@H]2/C(=N/NS(=O)(=O)c2ccc([N+](=O)[O-])cc2[N+](=O)[O-])C1. The van der Waals surface area contributed by atoms with E-state index in [1.807, 2.05) is 0 Å². The van der Waals surface area contributed by atoms with Crippen molar-refractivity contribution >= 4 is 27.1 Å². The molecule has 170 valence electrons. The first-order valence-corrected chi connectivity index (χ1v) is 11.9. The van der Waals surface area contributed by atoms with Crippen molar-refractivity contribution in [2.24, 2.45) is 28.3 Å². The molecule has 0 saturated heterocycles. The highest BCUT2D eigenvalue weighted by Gasteiger charge is 2.39. The summed E-state index contributed by atoms with van der Waals surface area (Å²) in [5, 5.41) is 26.5. The number of hydrazone groups is 1. The van der Waals surface area contributed by atoms with Gasteiger partial charge in [-0.25, -0.2) is 0 Å². The maximum atomic E-state index is 12.8. The standard InChI is InChI=1S/C20H28N4O6S/c1-20(2,3)14-8-7-13-5-4-6-16(13)17(11-14)21-22-31(29,30)19-10-9-15(23(25)26)12-18(19)24(27)28/h9-10,12-14,16,22H,4-8,11H2,1-3H3/b21-17+/t13-,14-,16-/m0/s1. The second-order valence-electron chi connectivity index (χ2n) is 9.51. The van der Waals surface area contributed by atoms with Gasteiger partial charge in [0.2, 0.25) is 0 Å². The van der Waals surface area contributed by atoms with E-state index in [0.717, 1.165) is 49.9 Å². The molecule has 2 saturated carbocycles. The highest BCUT2D eigenvalue weighted by atomic mass is 32.2. The van der Waals surface area contributed by atoms with E-state index >= 15 is 0 Å². The largest absolute Gasteiger partial charge is 0.296 e. The Bertz CT molecular complexity index is 1010. The lowest BCUT2D eigenvalue weighted by Gasteiger charge is -2.30. The minimum absolute atomic E-state index is 0.0510. The monoisotopic (exact) mass is 452 g/mol. The lowest BCUT2D eigenvalue weighted by molar-refractivity contribution is -0.396. The van der Waals surface area contributed by atoms with E-state index in [2.05, 4.69) is 30.7 Å². The Morgan fingerprint density at radius 2 is 1.77 bits per heavy atom. The maximum absolute atomic E-state index is 12.8. The Labute approximate surface area is 181 Å². The van der Waals surface area contributed by atoms with Crippen LogP contribution in [0, 0.1) is 43.4 Å². The van der Waals surface area contributed by atoms with Gasteiger partial charge in [0.25, 0.3) is 21.4 Å². The zero-order valence-corrected chi connectivity index (χ0v) is 18.7. The Balaban J connectivity index is 1.94. The Kier molecular flexibility index (Phi) is 6.35.